The van der Waals surface area contributed by atoms with Crippen molar-refractivity contribution in [2.45, 2.75) is 39.3 Å². The van der Waals surface area contributed by atoms with Gasteiger partial charge in [0.05, 0.1) is 6.04 Å². The highest BCUT2D eigenvalue weighted by molar-refractivity contribution is 5.95. The number of fused-ring (bicyclic) bond motifs is 1. The first-order valence-corrected chi connectivity index (χ1v) is 13.7. The summed E-state index contributed by atoms with van der Waals surface area (Å²) in [6, 6.07) is 32.3. The van der Waals surface area contributed by atoms with Gasteiger partial charge >= 0.3 is 0 Å². The fourth-order valence-electron chi connectivity index (χ4n) is 5.29. The van der Waals surface area contributed by atoms with Crippen LogP contribution in [0.25, 0.3) is 11.1 Å². The van der Waals surface area contributed by atoms with Crippen LogP contribution in [-0.2, 0) is 13.0 Å². The van der Waals surface area contributed by atoms with Crippen LogP contribution < -0.4 is 15.5 Å². The molecule has 39 heavy (non-hydrogen) atoms. The molecule has 0 aliphatic carbocycles. The Hall–Kier alpha value is -4.38. The second kappa shape index (κ2) is 12.0. The minimum atomic E-state index is -0.0576. The summed E-state index contributed by atoms with van der Waals surface area (Å²) < 4.78 is 0. The molecular weight excluding hydrogens is 482 g/mol. The van der Waals surface area contributed by atoms with E-state index in [0.29, 0.717) is 17.7 Å². The van der Waals surface area contributed by atoms with E-state index in [2.05, 4.69) is 51.9 Å². The van der Waals surface area contributed by atoms with Gasteiger partial charge in [-0.15, -0.1) is 0 Å². The van der Waals surface area contributed by atoms with Crippen molar-refractivity contribution in [3.63, 3.8) is 0 Å². The third kappa shape index (κ3) is 6.04. The van der Waals surface area contributed by atoms with Gasteiger partial charge in [0.1, 0.15) is 0 Å². The van der Waals surface area contributed by atoms with Crippen LogP contribution in [-0.4, -0.2) is 24.9 Å². The SMILES string of the molecule is CCNC(=O)c1ccc(-c2ccccc2CN2CCCc3cc(C(=O)N[C@@H](C)c4ccccc4)ccc32)cc1. The van der Waals surface area contributed by atoms with E-state index in [1.165, 1.54) is 16.8 Å². The molecule has 0 fully saturated rings. The summed E-state index contributed by atoms with van der Waals surface area (Å²) in [5.41, 5.74) is 8.35. The third-order valence-corrected chi connectivity index (χ3v) is 7.38. The lowest BCUT2D eigenvalue weighted by molar-refractivity contribution is 0.0936. The van der Waals surface area contributed by atoms with E-state index >= 15 is 0 Å². The molecule has 0 saturated heterocycles. The molecule has 0 spiro atoms. The van der Waals surface area contributed by atoms with E-state index in [-0.39, 0.29) is 17.9 Å². The molecule has 4 aromatic carbocycles. The Morgan fingerprint density at radius 3 is 2.33 bits per heavy atom. The normalized spacial score (nSPS) is 13.3. The number of hydrogen-bond acceptors (Lipinski definition) is 3. The molecule has 2 amide bonds. The molecule has 4 aromatic rings. The molecule has 5 rings (SSSR count). The van der Waals surface area contributed by atoms with Crippen molar-refractivity contribution >= 4 is 17.5 Å². The molecule has 0 radical (unpaired) electrons. The summed E-state index contributed by atoms with van der Waals surface area (Å²) in [6.07, 6.45) is 2.01. The minimum Gasteiger partial charge on any atom is -0.367 e. The zero-order valence-electron chi connectivity index (χ0n) is 22.6. The molecule has 1 atom stereocenters. The Kier molecular flexibility index (Phi) is 8.07. The molecular formula is C34H35N3O2. The summed E-state index contributed by atoms with van der Waals surface area (Å²) in [7, 11) is 0. The molecule has 5 heteroatoms. The van der Waals surface area contributed by atoms with E-state index in [1.807, 2.05) is 74.5 Å². The zero-order chi connectivity index (χ0) is 27.2. The van der Waals surface area contributed by atoms with Crippen molar-refractivity contribution in [3.05, 3.63) is 125 Å². The number of rotatable bonds is 8. The van der Waals surface area contributed by atoms with Crippen LogP contribution in [0.15, 0.2) is 97.1 Å². The molecule has 0 saturated carbocycles. The predicted octanol–water partition coefficient (Wildman–Crippen LogP) is 6.55. The van der Waals surface area contributed by atoms with Crippen LogP contribution in [0.4, 0.5) is 5.69 Å². The number of hydrogen-bond donors (Lipinski definition) is 2. The van der Waals surface area contributed by atoms with Crippen molar-refractivity contribution in [1.29, 1.82) is 0 Å². The second-order valence-electron chi connectivity index (χ2n) is 10.1. The van der Waals surface area contributed by atoms with Crippen LogP contribution in [0.1, 0.15) is 63.7 Å². The Morgan fingerprint density at radius 2 is 1.56 bits per heavy atom. The first kappa shape index (κ1) is 26.2. The Labute approximate surface area is 230 Å². The largest absolute Gasteiger partial charge is 0.367 e. The number of carbonyl (C=O) groups is 2. The third-order valence-electron chi connectivity index (χ3n) is 7.38. The average Bonchev–Trinajstić information content (AvgIpc) is 2.98. The number of carbonyl (C=O) groups excluding carboxylic acids is 2. The van der Waals surface area contributed by atoms with Crippen molar-refractivity contribution in [1.82, 2.24) is 10.6 Å². The number of nitrogens with one attached hydrogen (secondary N) is 2. The van der Waals surface area contributed by atoms with Gasteiger partial charge in [-0.05, 0) is 84.8 Å². The van der Waals surface area contributed by atoms with Crippen LogP contribution >= 0.6 is 0 Å². The summed E-state index contributed by atoms with van der Waals surface area (Å²) in [5, 5.41) is 5.99. The van der Waals surface area contributed by atoms with E-state index in [1.54, 1.807) is 0 Å². The van der Waals surface area contributed by atoms with Gasteiger partial charge in [0.2, 0.25) is 0 Å². The number of anilines is 1. The van der Waals surface area contributed by atoms with Crippen molar-refractivity contribution in [2.24, 2.45) is 0 Å². The molecule has 0 unspecified atom stereocenters. The van der Waals surface area contributed by atoms with E-state index < -0.39 is 0 Å². The second-order valence-corrected chi connectivity index (χ2v) is 10.1. The quantitative estimate of drug-likeness (QED) is 0.279. The molecule has 0 aromatic heterocycles. The summed E-state index contributed by atoms with van der Waals surface area (Å²) >= 11 is 0. The fraction of sp³-hybridized carbons (Fsp3) is 0.235. The van der Waals surface area contributed by atoms with Crippen molar-refractivity contribution in [2.75, 3.05) is 18.0 Å². The van der Waals surface area contributed by atoms with Gasteiger partial charge in [0, 0.05) is 36.4 Å². The summed E-state index contributed by atoms with van der Waals surface area (Å²) in [5.74, 6) is -0.0995. The topological polar surface area (TPSA) is 61.4 Å². The first-order valence-electron chi connectivity index (χ1n) is 13.7. The Bertz CT molecular complexity index is 1450. The predicted molar refractivity (Wildman–Crippen MR) is 158 cm³/mol. The highest BCUT2D eigenvalue weighted by Gasteiger charge is 2.21. The van der Waals surface area contributed by atoms with E-state index in [0.717, 1.165) is 42.6 Å². The fourth-order valence-corrected chi connectivity index (χ4v) is 5.29. The maximum absolute atomic E-state index is 13.0. The Balaban J connectivity index is 1.33. The van der Waals surface area contributed by atoms with Crippen molar-refractivity contribution < 1.29 is 9.59 Å². The standard InChI is InChI=1S/C34H35N3O2/c1-3-35-33(38)27-17-15-26(16-18-27)31-14-8-7-12-30(31)23-37-21-9-13-28-22-29(19-20-32(28)37)34(39)36-24(2)25-10-5-4-6-11-25/h4-8,10-12,14-20,22,24H,3,9,13,21,23H2,1-2H3,(H,35,38)(H,36,39)/t24-/m0/s1. The monoisotopic (exact) mass is 517 g/mol. The summed E-state index contributed by atoms with van der Waals surface area (Å²) in [4.78, 5) is 27.6. The molecule has 1 heterocycles. The maximum atomic E-state index is 13.0. The van der Waals surface area contributed by atoms with Gasteiger partial charge in [0.15, 0.2) is 0 Å². The molecule has 1 aliphatic rings. The minimum absolute atomic E-state index is 0.0484. The Morgan fingerprint density at radius 1 is 0.846 bits per heavy atom. The van der Waals surface area contributed by atoms with Crippen LogP contribution in [0.3, 0.4) is 0 Å². The number of nitrogens with zero attached hydrogens (tertiary/aromatic N) is 1. The van der Waals surface area contributed by atoms with Gasteiger partial charge in [-0.2, -0.15) is 0 Å². The van der Waals surface area contributed by atoms with E-state index in [9.17, 15) is 9.59 Å². The van der Waals surface area contributed by atoms with Crippen LogP contribution in [0.5, 0.6) is 0 Å². The average molecular weight is 518 g/mol. The molecule has 0 bridgehead atoms. The molecule has 198 valence electrons. The highest BCUT2D eigenvalue weighted by Crippen LogP contribution is 2.32. The smallest absolute Gasteiger partial charge is 0.251 e. The van der Waals surface area contributed by atoms with Gasteiger partial charge in [-0.1, -0.05) is 66.7 Å². The first-order chi connectivity index (χ1) is 19.0. The lowest BCUT2D eigenvalue weighted by Gasteiger charge is -2.32. The van der Waals surface area contributed by atoms with Crippen molar-refractivity contribution in [3.8, 4) is 11.1 Å². The molecule has 5 nitrogen and oxygen atoms in total. The van der Waals surface area contributed by atoms with Crippen LogP contribution in [0, 0.1) is 0 Å². The van der Waals surface area contributed by atoms with Gasteiger partial charge < -0.3 is 15.5 Å². The highest BCUT2D eigenvalue weighted by atomic mass is 16.2. The van der Waals surface area contributed by atoms with Gasteiger partial charge in [0.25, 0.3) is 11.8 Å². The zero-order valence-corrected chi connectivity index (χ0v) is 22.6. The maximum Gasteiger partial charge on any atom is 0.251 e. The summed E-state index contributed by atoms with van der Waals surface area (Å²) in [6.45, 7) is 6.28. The number of benzene rings is 4. The van der Waals surface area contributed by atoms with Gasteiger partial charge in [-0.25, -0.2) is 0 Å². The lowest BCUT2D eigenvalue weighted by atomic mass is 9.95. The molecule has 1 aliphatic heterocycles. The number of amides is 2. The number of aryl methyl sites for hydroxylation is 1. The molecule has 2 N–H and O–H groups in total. The van der Waals surface area contributed by atoms with Crippen LogP contribution in [0.2, 0.25) is 0 Å². The van der Waals surface area contributed by atoms with E-state index in [4.69, 9.17) is 0 Å². The van der Waals surface area contributed by atoms with Gasteiger partial charge in [-0.3, -0.25) is 9.59 Å². The lowest BCUT2D eigenvalue weighted by Crippen LogP contribution is -2.30.